The van der Waals surface area contributed by atoms with E-state index in [2.05, 4.69) is 0 Å². The fraction of sp³-hybridized carbons (Fsp3) is 0.227. The minimum absolute atomic E-state index is 0.0594. The Balaban J connectivity index is 2.01. The number of amides is 1. The van der Waals surface area contributed by atoms with Gasteiger partial charge in [-0.05, 0) is 48.0 Å². The van der Waals surface area contributed by atoms with Gasteiger partial charge in [0.1, 0.15) is 11.8 Å². The molecule has 7 nitrogen and oxygen atoms in total. The summed E-state index contributed by atoms with van der Waals surface area (Å²) < 4.78 is 15.9. The van der Waals surface area contributed by atoms with Gasteiger partial charge in [-0.15, -0.1) is 0 Å². The summed E-state index contributed by atoms with van der Waals surface area (Å²) in [6.45, 7) is -0.136. The summed E-state index contributed by atoms with van der Waals surface area (Å²) in [6.07, 6.45) is 3.12. The maximum absolute atomic E-state index is 12.4. The first-order valence-electron chi connectivity index (χ1n) is 8.78. The average Bonchev–Trinajstić information content (AvgIpc) is 2.74. The highest BCUT2D eigenvalue weighted by Crippen LogP contribution is 2.28. The highest BCUT2D eigenvalue weighted by Gasteiger charge is 2.07. The molecule has 0 aliphatic rings. The van der Waals surface area contributed by atoms with E-state index in [4.69, 9.17) is 19.5 Å². The highest BCUT2D eigenvalue weighted by molar-refractivity contribution is 6.06. The third-order valence-electron chi connectivity index (χ3n) is 3.91. The van der Waals surface area contributed by atoms with Gasteiger partial charge in [0.2, 0.25) is 0 Å². The van der Waals surface area contributed by atoms with Crippen molar-refractivity contribution in [1.29, 1.82) is 5.26 Å². The Hall–Kier alpha value is -3.79. The van der Waals surface area contributed by atoms with E-state index in [1.165, 1.54) is 18.1 Å². The molecular formula is C22H22N2O5. The minimum Gasteiger partial charge on any atom is -0.493 e. The lowest BCUT2D eigenvalue weighted by molar-refractivity contribution is -0.130. The molecule has 0 aliphatic heterocycles. The van der Waals surface area contributed by atoms with Crippen LogP contribution in [-0.4, -0.2) is 51.0 Å². The van der Waals surface area contributed by atoms with Crippen molar-refractivity contribution in [2.75, 3.05) is 34.4 Å². The molecular weight excluding hydrogens is 372 g/mol. The number of carbonyl (C=O) groups excluding carboxylic acids is 2. The highest BCUT2D eigenvalue weighted by atomic mass is 16.5. The van der Waals surface area contributed by atoms with Crippen LogP contribution >= 0.6 is 0 Å². The van der Waals surface area contributed by atoms with Gasteiger partial charge in [0.05, 0.1) is 7.11 Å². The van der Waals surface area contributed by atoms with Crippen molar-refractivity contribution < 1.29 is 23.8 Å². The molecule has 2 aromatic rings. The number of rotatable bonds is 9. The van der Waals surface area contributed by atoms with Gasteiger partial charge in [0.25, 0.3) is 5.91 Å². The Morgan fingerprint density at radius 3 is 2.41 bits per heavy atom. The van der Waals surface area contributed by atoms with Gasteiger partial charge in [0.15, 0.2) is 30.5 Å². The maximum Gasteiger partial charge on any atom is 0.259 e. The number of nitrogens with zero attached hydrogens (tertiary/aromatic N) is 2. The lowest BCUT2D eigenvalue weighted by atomic mass is 10.1. The zero-order chi connectivity index (χ0) is 21.2. The lowest BCUT2D eigenvalue weighted by Crippen LogP contribution is -2.27. The van der Waals surface area contributed by atoms with Crippen LogP contribution in [0.15, 0.2) is 48.5 Å². The number of methoxy groups -OCH3 is 1. The molecule has 0 N–H and O–H groups in total. The molecule has 0 saturated heterocycles. The van der Waals surface area contributed by atoms with Crippen LogP contribution in [0.5, 0.6) is 17.2 Å². The van der Waals surface area contributed by atoms with Crippen molar-refractivity contribution in [2.45, 2.75) is 0 Å². The number of likely N-dealkylation sites (N-methyl/N-ethyl adjacent to an activating group) is 1. The summed E-state index contributed by atoms with van der Waals surface area (Å²) in [5.41, 5.74) is 1.25. The second-order valence-corrected chi connectivity index (χ2v) is 6.16. The number of nitriles is 1. The van der Waals surface area contributed by atoms with Crippen LogP contribution in [0.4, 0.5) is 0 Å². The third kappa shape index (κ3) is 6.40. The first-order chi connectivity index (χ1) is 13.9. The second kappa shape index (κ2) is 10.5. The lowest BCUT2D eigenvalue weighted by Gasteiger charge is -2.11. The Bertz CT molecular complexity index is 927. The van der Waals surface area contributed by atoms with Crippen LogP contribution in [0.25, 0.3) is 6.08 Å². The van der Waals surface area contributed by atoms with E-state index in [-0.39, 0.29) is 24.9 Å². The van der Waals surface area contributed by atoms with E-state index < -0.39 is 0 Å². The van der Waals surface area contributed by atoms with E-state index in [1.807, 2.05) is 6.07 Å². The number of carbonyl (C=O) groups is 2. The monoisotopic (exact) mass is 394 g/mol. The molecule has 2 aromatic carbocycles. The second-order valence-electron chi connectivity index (χ2n) is 6.16. The number of hydrogen-bond acceptors (Lipinski definition) is 6. The standard InChI is InChI=1S/C22H22N2O5/c1-24(2)22(26)15-29-18-8-6-17(7-9-18)19(25)10-4-16-5-11-20(28-13-12-23)21(14-16)27-3/h4-11,14H,13,15H2,1-3H3/b10-4+. The van der Waals surface area contributed by atoms with Crippen LogP contribution in [0.1, 0.15) is 15.9 Å². The Kier molecular flexibility index (Phi) is 7.80. The first-order valence-corrected chi connectivity index (χ1v) is 8.78. The molecule has 2 rings (SSSR count). The number of allylic oxidation sites excluding steroid dienone is 1. The molecule has 0 heterocycles. The van der Waals surface area contributed by atoms with Crippen molar-refractivity contribution in [3.05, 3.63) is 59.7 Å². The van der Waals surface area contributed by atoms with Crippen LogP contribution < -0.4 is 14.2 Å². The first kappa shape index (κ1) is 21.5. The molecule has 1 amide bonds. The van der Waals surface area contributed by atoms with Gasteiger partial charge in [-0.25, -0.2) is 0 Å². The molecule has 29 heavy (non-hydrogen) atoms. The molecule has 0 radical (unpaired) electrons. The maximum atomic E-state index is 12.4. The fourth-order valence-corrected chi connectivity index (χ4v) is 2.27. The van der Waals surface area contributed by atoms with Crippen LogP contribution in [-0.2, 0) is 4.79 Å². The largest absolute Gasteiger partial charge is 0.493 e. The van der Waals surface area contributed by atoms with Crippen LogP contribution in [0.2, 0.25) is 0 Å². The Morgan fingerprint density at radius 1 is 1.07 bits per heavy atom. The average molecular weight is 394 g/mol. The molecule has 0 aliphatic carbocycles. The zero-order valence-electron chi connectivity index (χ0n) is 16.5. The number of ketones is 1. The number of hydrogen-bond donors (Lipinski definition) is 0. The predicted octanol–water partition coefficient (Wildman–Crippen LogP) is 2.96. The zero-order valence-corrected chi connectivity index (χ0v) is 16.5. The van der Waals surface area contributed by atoms with Crippen molar-refractivity contribution in [1.82, 2.24) is 4.90 Å². The van der Waals surface area contributed by atoms with E-state index in [0.717, 1.165) is 5.56 Å². The van der Waals surface area contributed by atoms with Crippen molar-refractivity contribution >= 4 is 17.8 Å². The fourth-order valence-electron chi connectivity index (χ4n) is 2.27. The number of benzene rings is 2. The molecule has 7 heteroatoms. The molecule has 0 spiro atoms. The summed E-state index contributed by atoms with van der Waals surface area (Å²) >= 11 is 0. The summed E-state index contributed by atoms with van der Waals surface area (Å²) in [5, 5.41) is 8.60. The molecule has 0 fully saturated rings. The molecule has 0 atom stereocenters. The van der Waals surface area contributed by atoms with Crippen molar-refractivity contribution in [3.63, 3.8) is 0 Å². The van der Waals surface area contributed by atoms with Crippen molar-refractivity contribution in [3.8, 4) is 23.3 Å². The summed E-state index contributed by atoms with van der Waals surface area (Å²) in [4.78, 5) is 25.3. The summed E-state index contributed by atoms with van der Waals surface area (Å²) in [5.74, 6) is 1.13. The van der Waals surface area contributed by atoms with Gasteiger partial charge in [-0.3, -0.25) is 9.59 Å². The molecule has 0 aromatic heterocycles. The van der Waals surface area contributed by atoms with Crippen LogP contribution in [0, 0.1) is 11.3 Å². The van der Waals surface area contributed by atoms with Crippen LogP contribution in [0.3, 0.4) is 0 Å². The molecule has 0 saturated carbocycles. The SMILES string of the molecule is COc1cc(/C=C/C(=O)c2ccc(OCC(=O)N(C)C)cc2)ccc1OCC#N. The number of ether oxygens (including phenoxy) is 3. The quantitative estimate of drug-likeness (QED) is 0.480. The van der Waals surface area contributed by atoms with E-state index in [9.17, 15) is 9.59 Å². The van der Waals surface area contributed by atoms with E-state index >= 15 is 0 Å². The van der Waals surface area contributed by atoms with Gasteiger partial charge in [-0.1, -0.05) is 12.1 Å². The molecule has 0 unspecified atom stereocenters. The summed E-state index contributed by atoms with van der Waals surface area (Å²) in [6, 6.07) is 13.6. The molecule has 0 bridgehead atoms. The van der Waals surface area contributed by atoms with Gasteiger partial charge >= 0.3 is 0 Å². The normalized spacial score (nSPS) is 10.3. The topological polar surface area (TPSA) is 88.9 Å². The Labute approximate surface area is 169 Å². The summed E-state index contributed by atoms with van der Waals surface area (Å²) in [7, 11) is 4.81. The third-order valence-corrected chi connectivity index (χ3v) is 3.91. The van der Waals surface area contributed by atoms with Crippen molar-refractivity contribution in [2.24, 2.45) is 0 Å². The minimum atomic E-state index is -0.176. The molecule has 150 valence electrons. The predicted molar refractivity (Wildman–Crippen MR) is 108 cm³/mol. The van der Waals surface area contributed by atoms with E-state index in [1.54, 1.807) is 62.6 Å². The smallest absolute Gasteiger partial charge is 0.259 e. The van der Waals surface area contributed by atoms with Gasteiger partial charge in [-0.2, -0.15) is 5.26 Å². The Morgan fingerprint density at radius 2 is 1.79 bits per heavy atom. The van der Waals surface area contributed by atoms with Gasteiger partial charge in [0, 0.05) is 19.7 Å². The van der Waals surface area contributed by atoms with Gasteiger partial charge < -0.3 is 19.1 Å². The van der Waals surface area contributed by atoms with E-state index in [0.29, 0.717) is 22.8 Å².